The van der Waals surface area contributed by atoms with Crippen LogP contribution in [-0.2, 0) is 19.1 Å². The Kier molecular flexibility index (Phi) is 8.06. The molecule has 0 spiro atoms. The van der Waals surface area contributed by atoms with Crippen LogP contribution >= 0.6 is 0 Å². The summed E-state index contributed by atoms with van der Waals surface area (Å²) >= 11 is 0. The summed E-state index contributed by atoms with van der Waals surface area (Å²) in [4.78, 5) is 15.5. The van der Waals surface area contributed by atoms with Gasteiger partial charge in [-0.3, -0.25) is 4.79 Å². The fourth-order valence-corrected chi connectivity index (χ4v) is 2.12. The van der Waals surface area contributed by atoms with Crippen LogP contribution in [0, 0.1) is 0 Å². The van der Waals surface area contributed by atoms with Crippen molar-refractivity contribution in [2.75, 3.05) is 26.4 Å². The molecule has 132 valence electrons. The Hall–Kier alpha value is -2.12. The van der Waals surface area contributed by atoms with Gasteiger partial charge in [-0.2, -0.15) is 0 Å². The average molecular weight is 337 g/mol. The standard InChI is InChI=1S/C17H23NO6/c19-16(20)7-2-1-3-8-24-18-12-14-5-4-6-15(11-14)23-13-17-21-9-10-22-17/h4-6,11-12,17H,1-3,7-10,13H2,(H,19,20). The van der Waals surface area contributed by atoms with Crippen molar-refractivity contribution >= 4 is 12.2 Å². The number of nitrogens with zero attached hydrogens (tertiary/aromatic N) is 1. The first kappa shape index (κ1) is 18.2. The van der Waals surface area contributed by atoms with E-state index in [1.54, 1.807) is 6.21 Å². The van der Waals surface area contributed by atoms with Crippen LogP contribution in [0.5, 0.6) is 5.75 Å². The van der Waals surface area contributed by atoms with Crippen molar-refractivity contribution in [1.29, 1.82) is 0 Å². The fraction of sp³-hybridized carbons (Fsp3) is 0.529. The van der Waals surface area contributed by atoms with E-state index in [0.717, 1.165) is 18.4 Å². The number of carboxylic acids is 1. The Bertz CT molecular complexity index is 528. The second-order valence-electron chi connectivity index (χ2n) is 5.33. The van der Waals surface area contributed by atoms with Crippen LogP contribution < -0.4 is 4.74 Å². The van der Waals surface area contributed by atoms with E-state index in [1.165, 1.54) is 0 Å². The monoisotopic (exact) mass is 337 g/mol. The first-order valence-electron chi connectivity index (χ1n) is 8.07. The van der Waals surface area contributed by atoms with Gasteiger partial charge in [-0.25, -0.2) is 0 Å². The molecule has 0 saturated carbocycles. The van der Waals surface area contributed by atoms with Crippen molar-refractivity contribution < 1.29 is 28.9 Å². The van der Waals surface area contributed by atoms with Gasteiger partial charge >= 0.3 is 5.97 Å². The molecule has 1 heterocycles. The van der Waals surface area contributed by atoms with Crippen molar-refractivity contribution in [3.8, 4) is 5.75 Å². The zero-order valence-electron chi connectivity index (χ0n) is 13.6. The van der Waals surface area contributed by atoms with E-state index in [9.17, 15) is 4.79 Å². The molecule has 0 amide bonds. The maximum Gasteiger partial charge on any atom is 0.303 e. The summed E-state index contributed by atoms with van der Waals surface area (Å²) < 4.78 is 16.2. The van der Waals surface area contributed by atoms with Gasteiger partial charge in [0.2, 0.25) is 0 Å². The summed E-state index contributed by atoms with van der Waals surface area (Å²) in [5.41, 5.74) is 0.867. The third-order valence-electron chi connectivity index (χ3n) is 3.34. The van der Waals surface area contributed by atoms with Gasteiger partial charge in [-0.15, -0.1) is 0 Å². The number of hydrogen-bond acceptors (Lipinski definition) is 6. The first-order chi connectivity index (χ1) is 11.7. The molecule has 0 unspecified atom stereocenters. The van der Waals surface area contributed by atoms with Gasteiger partial charge in [-0.05, 0) is 37.0 Å². The predicted octanol–water partition coefficient (Wildman–Crippen LogP) is 2.43. The van der Waals surface area contributed by atoms with Crippen LogP contribution in [0.15, 0.2) is 29.4 Å². The summed E-state index contributed by atoms with van der Waals surface area (Å²) in [7, 11) is 0. The van der Waals surface area contributed by atoms with Gasteiger partial charge in [0.25, 0.3) is 0 Å². The molecule has 0 radical (unpaired) electrons. The van der Waals surface area contributed by atoms with E-state index in [-0.39, 0.29) is 12.7 Å². The summed E-state index contributed by atoms with van der Waals surface area (Å²) in [6.45, 7) is 2.04. The highest BCUT2D eigenvalue weighted by molar-refractivity contribution is 5.79. The quantitative estimate of drug-likeness (QED) is 0.379. The molecule has 0 aromatic heterocycles. The minimum absolute atomic E-state index is 0.201. The number of oxime groups is 1. The Morgan fingerprint density at radius 2 is 2.12 bits per heavy atom. The molecule has 1 N–H and O–H groups in total. The van der Waals surface area contributed by atoms with Crippen LogP contribution in [0.1, 0.15) is 31.2 Å². The molecular weight excluding hydrogens is 314 g/mol. The van der Waals surface area contributed by atoms with E-state index in [2.05, 4.69) is 5.16 Å². The summed E-state index contributed by atoms with van der Waals surface area (Å²) in [5.74, 6) is -0.0474. The zero-order chi connectivity index (χ0) is 17.0. The van der Waals surface area contributed by atoms with Crippen LogP contribution in [0.25, 0.3) is 0 Å². The Balaban J connectivity index is 1.62. The smallest absolute Gasteiger partial charge is 0.303 e. The van der Waals surface area contributed by atoms with Gasteiger partial charge in [0.05, 0.1) is 19.4 Å². The molecule has 7 nitrogen and oxygen atoms in total. The van der Waals surface area contributed by atoms with Gasteiger partial charge in [0.1, 0.15) is 19.0 Å². The SMILES string of the molecule is O=C(O)CCCCCON=Cc1cccc(OCC2OCCO2)c1. The van der Waals surface area contributed by atoms with E-state index in [1.807, 2.05) is 24.3 Å². The molecule has 7 heteroatoms. The molecular formula is C17H23NO6. The molecule has 24 heavy (non-hydrogen) atoms. The first-order valence-corrected chi connectivity index (χ1v) is 8.07. The van der Waals surface area contributed by atoms with Crippen LogP contribution in [0.4, 0.5) is 0 Å². The number of unbranched alkanes of at least 4 members (excludes halogenated alkanes) is 2. The van der Waals surface area contributed by atoms with Crippen LogP contribution in [-0.4, -0.2) is 50.0 Å². The third-order valence-corrected chi connectivity index (χ3v) is 3.34. The Labute approximate surface area is 141 Å². The van der Waals surface area contributed by atoms with E-state index < -0.39 is 5.97 Å². The summed E-state index contributed by atoms with van der Waals surface area (Å²) in [5, 5.41) is 12.4. The van der Waals surface area contributed by atoms with Crippen molar-refractivity contribution in [2.24, 2.45) is 5.16 Å². The Morgan fingerprint density at radius 3 is 2.92 bits per heavy atom. The lowest BCUT2D eigenvalue weighted by molar-refractivity contribution is -0.137. The lowest BCUT2D eigenvalue weighted by atomic mass is 10.2. The highest BCUT2D eigenvalue weighted by Gasteiger charge is 2.16. The summed E-state index contributed by atoms with van der Waals surface area (Å²) in [6.07, 6.45) is 3.79. The van der Waals surface area contributed by atoms with Crippen molar-refractivity contribution in [2.45, 2.75) is 32.0 Å². The minimum Gasteiger partial charge on any atom is -0.488 e. The normalized spacial score (nSPS) is 15.0. The number of aliphatic carboxylic acids is 1. The number of carboxylic acid groups (broad SMARTS) is 1. The van der Waals surface area contributed by atoms with E-state index in [0.29, 0.717) is 38.6 Å². The fourth-order valence-electron chi connectivity index (χ4n) is 2.12. The third kappa shape index (κ3) is 7.43. The predicted molar refractivity (Wildman–Crippen MR) is 87.3 cm³/mol. The number of hydrogen-bond donors (Lipinski definition) is 1. The topological polar surface area (TPSA) is 86.6 Å². The van der Waals surface area contributed by atoms with Gasteiger partial charge in [-0.1, -0.05) is 17.3 Å². The zero-order valence-corrected chi connectivity index (χ0v) is 13.6. The summed E-state index contributed by atoms with van der Waals surface area (Å²) in [6, 6.07) is 7.48. The molecule has 1 aliphatic rings. The molecule has 1 aromatic rings. The van der Waals surface area contributed by atoms with Crippen LogP contribution in [0.3, 0.4) is 0 Å². The molecule has 2 rings (SSSR count). The molecule has 1 fully saturated rings. The molecule has 1 saturated heterocycles. The highest BCUT2D eigenvalue weighted by atomic mass is 16.7. The lowest BCUT2D eigenvalue weighted by Gasteiger charge is -2.11. The minimum atomic E-state index is -0.762. The largest absolute Gasteiger partial charge is 0.488 e. The van der Waals surface area contributed by atoms with Crippen LogP contribution in [0.2, 0.25) is 0 Å². The second kappa shape index (κ2) is 10.6. The number of benzene rings is 1. The molecule has 1 aliphatic heterocycles. The second-order valence-corrected chi connectivity index (χ2v) is 5.33. The number of ether oxygens (including phenoxy) is 3. The average Bonchev–Trinajstić information content (AvgIpc) is 3.09. The highest BCUT2D eigenvalue weighted by Crippen LogP contribution is 2.14. The molecule has 0 bridgehead atoms. The Morgan fingerprint density at radius 1 is 1.29 bits per heavy atom. The van der Waals surface area contributed by atoms with E-state index in [4.69, 9.17) is 24.2 Å². The number of carbonyl (C=O) groups is 1. The van der Waals surface area contributed by atoms with Gasteiger partial charge in [0.15, 0.2) is 6.29 Å². The van der Waals surface area contributed by atoms with Gasteiger partial charge in [0, 0.05) is 6.42 Å². The van der Waals surface area contributed by atoms with Crippen molar-refractivity contribution in [1.82, 2.24) is 0 Å². The molecule has 0 aliphatic carbocycles. The van der Waals surface area contributed by atoms with Gasteiger partial charge < -0.3 is 24.2 Å². The van der Waals surface area contributed by atoms with Crippen molar-refractivity contribution in [3.05, 3.63) is 29.8 Å². The maximum absolute atomic E-state index is 10.4. The maximum atomic E-state index is 10.4. The number of rotatable bonds is 11. The van der Waals surface area contributed by atoms with Crippen molar-refractivity contribution in [3.63, 3.8) is 0 Å². The lowest BCUT2D eigenvalue weighted by Crippen LogP contribution is -2.18. The molecule has 1 aromatic carbocycles. The molecule has 0 atom stereocenters. The van der Waals surface area contributed by atoms with E-state index >= 15 is 0 Å².